The van der Waals surface area contributed by atoms with Gasteiger partial charge in [0.05, 0.1) is 0 Å². The molecule has 1 aromatic carbocycles. The van der Waals surface area contributed by atoms with Gasteiger partial charge < -0.3 is 10.1 Å². The molecule has 0 radical (unpaired) electrons. The van der Waals surface area contributed by atoms with Crippen LogP contribution in [-0.2, 0) is 0 Å². The second kappa shape index (κ2) is 6.79. The fourth-order valence-electron chi connectivity index (χ4n) is 2.88. The summed E-state index contributed by atoms with van der Waals surface area (Å²) < 4.78 is 6.00. The van der Waals surface area contributed by atoms with Crippen LogP contribution in [0.15, 0.2) is 24.3 Å². The SMILES string of the molecule is CCNC(COc1ccccc1C)C1CCCC1. The average molecular weight is 247 g/mol. The lowest BCUT2D eigenvalue weighted by molar-refractivity contribution is 0.218. The first-order valence-electron chi connectivity index (χ1n) is 7.23. The third-order valence-electron chi connectivity index (χ3n) is 3.95. The Morgan fingerprint density at radius 3 is 2.67 bits per heavy atom. The van der Waals surface area contributed by atoms with E-state index in [2.05, 4.69) is 37.4 Å². The zero-order valence-corrected chi connectivity index (χ0v) is 11.6. The van der Waals surface area contributed by atoms with Gasteiger partial charge in [-0.25, -0.2) is 0 Å². The van der Waals surface area contributed by atoms with Gasteiger partial charge in [0.25, 0.3) is 0 Å². The minimum absolute atomic E-state index is 0.511. The van der Waals surface area contributed by atoms with E-state index in [0.29, 0.717) is 6.04 Å². The lowest BCUT2D eigenvalue weighted by atomic mass is 9.99. The Hall–Kier alpha value is -1.02. The molecule has 0 bridgehead atoms. The first kappa shape index (κ1) is 13.4. The van der Waals surface area contributed by atoms with Gasteiger partial charge in [-0.3, -0.25) is 0 Å². The summed E-state index contributed by atoms with van der Waals surface area (Å²) in [6.07, 6.45) is 5.48. The van der Waals surface area contributed by atoms with Gasteiger partial charge in [0, 0.05) is 6.04 Å². The van der Waals surface area contributed by atoms with Crippen LogP contribution in [0.2, 0.25) is 0 Å². The van der Waals surface area contributed by atoms with Crippen molar-refractivity contribution in [1.29, 1.82) is 0 Å². The predicted molar refractivity (Wildman–Crippen MR) is 76.1 cm³/mol. The van der Waals surface area contributed by atoms with Gasteiger partial charge in [0.15, 0.2) is 0 Å². The van der Waals surface area contributed by atoms with Gasteiger partial charge in [-0.1, -0.05) is 38.0 Å². The molecule has 18 heavy (non-hydrogen) atoms. The van der Waals surface area contributed by atoms with Gasteiger partial charge in [0.2, 0.25) is 0 Å². The van der Waals surface area contributed by atoms with E-state index in [1.165, 1.54) is 31.2 Å². The van der Waals surface area contributed by atoms with Gasteiger partial charge in [-0.2, -0.15) is 0 Å². The zero-order chi connectivity index (χ0) is 12.8. The van der Waals surface area contributed by atoms with Crippen LogP contribution in [0.1, 0.15) is 38.2 Å². The van der Waals surface area contributed by atoms with E-state index in [0.717, 1.165) is 24.8 Å². The van der Waals surface area contributed by atoms with Gasteiger partial charge in [-0.15, -0.1) is 0 Å². The molecule has 2 nitrogen and oxygen atoms in total. The molecule has 0 saturated heterocycles. The van der Waals surface area contributed by atoms with E-state index in [1.807, 2.05) is 6.07 Å². The molecule has 1 aliphatic rings. The Morgan fingerprint density at radius 1 is 1.28 bits per heavy atom. The predicted octanol–water partition coefficient (Wildman–Crippen LogP) is 3.54. The molecule has 1 aromatic rings. The molecule has 0 aromatic heterocycles. The maximum absolute atomic E-state index is 6.00. The second-order valence-corrected chi connectivity index (χ2v) is 5.29. The Balaban J connectivity index is 1.91. The number of para-hydroxylation sites is 1. The molecule has 0 heterocycles. The summed E-state index contributed by atoms with van der Waals surface area (Å²) in [6, 6.07) is 8.78. The van der Waals surface area contributed by atoms with Crippen molar-refractivity contribution in [3.63, 3.8) is 0 Å². The van der Waals surface area contributed by atoms with Crippen molar-refractivity contribution in [3.05, 3.63) is 29.8 Å². The number of aryl methyl sites for hydroxylation is 1. The van der Waals surface area contributed by atoms with Gasteiger partial charge in [0.1, 0.15) is 12.4 Å². The largest absolute Gasteiger partial charge is 0.492 e. The number of benzene rings is 1. The zero-order valence-electron chi connectivity index (χ0n) is 11.6. The summed E-state index contributed by atoms with van der Waals surface area (Å²) >= 11 is 0. The van der Waals surface area contributed by atoms with E-state index in [1.54, 1.807) is 0 Å². The number of ether oxygens (including phenoxy) is 1. The molecule has 1 fully saturated rings. The van der Waals surface area contributed by atoms with Crippen LogP contribution in [0.3, 0.4) is 0 Å². The van der Waals surface area contributed by atoms with E-state index in [4.69, 9.17) is 4.74 Å². The molecule has 2 heteroatoms. The summed E-state index contributed by atoms with van der Waals surface area (Å²) in [7, 11) is 0. The molecular weight excluding hydrogens is 222 g/mol. The normalized spacial score (nSPS) is 17.9. The van der Waals surface area contributed by atoms with E-state index in [9.17, 15) is 0 Å². The molecule has 0 aliphatic heterocycles. The number of hydrogen-bond donors (Lipinski definition) is 1. The summed E-state index contributed by atoms with van der Waals surface area (Å²) in [6.45, 7) is 6.10. The highest BCUT2D eigenvalue weighted by Crippen LogP contribution is 2.28. The highest BCUT2D eigenvalue weighted by molar-refractivity contribution is 5.31. The summed E-state index contributed by atoms with van der Waals surface area (Å²) in [5.74, 6) is 1.83. The molecule has 1 unspecified atom stereocenters. The van der Waals surface area contributed by atoms with Crippen LogP contribution in [-0.4, -0.2) is 19.2 Å². The Bertz CT molecular complexity index is 358. The third kappa shape index (κ3) is 3.49. The van der Waals surface area contributed by atoms with Crippen molar-refractivity contribution in [1.82, 2.24) is 5.32 Å². The van der Waals surface area contributed by atoms with Crippen LogP contribution >= 0.6 is 0 Å². The molecule has 1 saturated carbocycles. The van der Waals surface area contributed by atoms with E-state index in [-0.39, 0.29) is 0 Å². The third-order valence-corrected chi connectivity index (χ3v) is 3.95. The van der Waals surface area contributed by atoms with Crippen molar-refractivity contribution in [2.75, 3.05) is 13.2 Å². The second-order valence-electron chi connectivity index (χ2n) is 5.29. The number of hydrogen-bond acceptors (Lipinski definition) is 2. The summed E-state index contributed by atoms with van der Waals surface area (Å²) in [5.41, 5.74) is 1.22. The highest BCUT2D eigenvalue weighted by Gasteiger charge is 2.24. The van der Waals surface area contributed by atoms with E-state index >= 15 is 0 Å². The smallest absolute Gasteiger partial charge is 0.122 e. The summed E-state index contributed by atoms with van der Waals surface area (Å²) in [5, 5.41) is 3.59. The molecule has 0 amide bonds. The quantitative estimate of drug-likeness (QED) is 0.830. The minimum atomic E-state index is 0.511. The van der Waals surface area contributed by atoms with Crippen LogP contribution < -0.4 is 10.1 Å². The van der Waals surface area contributed by atoms with Crippen molar-refractivity contribution in [3.8, 4) is 5.75 Å². The Morgan fingerprint density at radius 2 is 2.00 bits per heavy atom. The number of nitrogens with one attached hydrogen (secondary N) is 1. The average Bonchev–Trinajstić information content (AvgIpc) is 2.90. The topological polar surface area (TPSA) is 21.3 Å². The Labute approximate surface area is 111 Å². The van der Waals surface area contributed by atoms with E-state index < -0.39 is 0 Å². The highest BCUT2D eigenvalue weighted by atomic mass is 16.5. The van der Waals surface area contributed by atoms with Crippen molar-refractivity contribution >= 4 is 0 Å². The fourth-order valence-corrected chi connectivity index (χ4v) is 2.88. The van der Waals surface area contributed by atoms with Crippen LogP contribution in [0.4, 0.5) is 0 Å². The maximum atomic E-state index is 6.00. The fraction of sp³-hybridized carbons (Fsp3) is 0.625. The monoisotopic (exact) mass is 247 g/mol. The standard InChI is InChI=1S/C16H25NO/c1-3-17-15(14-9-5-6-10-14)12-18-16-11-7-4-8-13(16)2/h4,7-8,11,14-15,17H,3,5-6,9-10,12H2,1-2H3. The number of rotatable bonds is 6. The molecular formula is C16H25NO. The minimum Gasteiger partial charge on any atom is -0.492 e. The lowest BCUT2D eigenvalue weighted by Gasteiger charge is -2.24. The van der Waals surface area contributed by atoms with Crippen LogP contribution in [0.5, 0.6) is 5.75 Å². The first-order chi connectivity index (χ1) is 8.81. The lowest BCUT2D eigenvalue weighted by Crippen LogP contribution is -2.40. The van der Waals surface area contributed by atoms with Crippen LogP contribution in [0, 0.1) is 12.8 Å². The van der Waals surface area contributed by atoms with Crippen molar-refractivity contribution < 1.29 is 4.74 Å². The molecule has 1 aliphatic carbocycles. The summed E-state index contributed by atoms with van der Waals surface area (Å²) in [4.78, 5) is 0. The van der Waals surface area contributed by atoms with Gasteiger partial charge in [-0.05, 0) is 43.9 Å². The maximum Gasteiger partial charge on any atom is 0.122 e. The van der Waals surface area contributed by atoms with Crippen molar-refractivity contribution in [2.45, 2.75) is 45.6 Å². The molecule has 1 atom stereocenters. The van der Waals surface area contributed by atoms with Gasteiger partial charge >= 0.3 is 0 Å². The number of likely N-dealkylation sites (N-methyl/N-ethyl adjacent to an activating group) is 1. The molecule has 2 rings (SSSR count). The van der Waals surface area contributed by atoms with Crippen LogP contribution in [0.25, 0.3) is 0 Å². The molecule has 0 spiro atoms. The Kier molecular flexibility index (Phi) is 5.06. The molecule has 100 valence electrons. The first-order valence-corrected chi connectivity index (χ1v) is 7.23. The van der Waals surface area contributed by atoms with Crippen molar-refractivity contribution in [2.24, 2.45) is 5.92 Å². The molecule has 1 N–H and O–H groups in total.